The molecule has 0 bridgehead atoms. The maximum Gasteiger partial charge on any atom is 0.0646 e. The SMILES string of the molecule is Cc1nn(C)c(C)c1CNc1ccc(N)c2ccncc12. The lowest BCUT2D eigenvalue weighted by atomic mass is 10.1. The zero-order chi connectivity index (χ0) is 15.0. The smallest absolute Gasteiger partial charge is 0.0646 e. The molecule has 0 radical (unpaired) electrons. The molecule has 0 saturated carbocycles. The monoisotopic (exact) mass is 281 g/mol. The Bertz CT molecular complexity index is 804. The molecule has 0 aliphatic carbocycles. The Hall–Kier alpha value is -2.56. The maximum atomic E-state index is 6.02. The van der Waals surface area contributed by atoms with Crippen LogP contribution in [0.2, 0.25) is 0 Å². The van der Waals surface area contributed by atoms with Gasteiger partial charge in [0.1, 0.15) is 0 Å². The highest BCUT2D eigenvalue weighted by Crippen LogP contribution is 2.28. The number of hydrogen-bond acceptors (Lipinski definition) is 4. The number of aryl methyl sites for hydroxylation is 2. The van der Waals surface area contributed by atoms with E-state index in [1.807, 2.05) is 43.0 Å². The molecule has 0 saturated heterocycles. The van der Waals surface area contributed by atoms with Crippen molar-refractivity contribution >= 4 is 22.1 Å². The average molecular weight is 281 g/mol. The quantitative estimate of drug-likeness (QED) is 0.724. The first-order valence-corrected chi connectivity index (χ1v) is 6.93. The van der Waals surface area contributed by atoms with Gasteiger partial charge in [-0.3, -0.25) is 9.67 Å². The normalized spacial score (nSPS) is 11.0. The Morgan fingerprint density at radius 1 is 1.19 bits per heavy atom. The van der Waals surface area contributed by atoms with Crippen LogP contribution >= 0.6 is 0 Å². The summed E-state index contributed by atoms with van der Waals surface area (Å²) in [7, 11) is 1.97. The topological polar surface area (TPSA) is 68.8 Å². The molecule has 0 fully saturated rings. The average Bonchev–Trinajstić information content (AvgIpc) is 2.72. The van der Waals surface area contributed by atoms with Crippen molar-refractivity contribution in [3.05, 3.63) is 47.5 Å². The van der Waals surface area contributed by atoms with Crippen LogP contribution in [-0.2, 0) is 13.6 Å². The first-order valence-electron chi connectivity index (χ1n) is 6.93. The number of hydrogen-bond donors (Lipinski definition) is 2. The molecule has 3 rings (SSSR count). The third-order valence-electron chi connectivity index (χ3n) is 3.97. The zero-order valence-electron chi connectivity index (χ0n) is 12.5. The lowest BCUT2D eigenvalue weighted by Gasteiger charge is -2.11. The predicted octanol–water partition coefficient (Wildman–Crippen LogP) is 2.78. The standard InChI is InChI=1S/C16H19N5/c1-10-13(11(2)21(3)20-10)9-19-16-5-4-15(17)12-6-7-18-8-14(12)16/h4-8,19H,9,17H2,1-3H3. The maximum absolute atomic E-state index is 6.02. The Morgan fingerprint density at radius 2 is 2.00 bits per heavy atom. The van der Waals surface area contributed by atoms with Gasteiger partial charge in [-0.25, -0.2) is 0 Å². The van der Waals surface area contributed by atoms with Gasteiger partial charge in [-0.1, -0.05) is 0 Å². The minimum atomic E-state index is 0.736. The molecule has 5 nitrogen and oxygen atoms in total. The third kappa shape index (κ3) is 2.31. The number of fused-ring (bicyclic) bond motifs is 1. The molecule has 0 aliphatic heterocycles. The first-order chi connectivity index (χ1) is 10.1. The molecule has 0 aliphatic rings. The van der Waals surface area contributed by atoms with Gasteiger partial charge in [0.2, 0.25) is 0 Å². The molecule has 3 aromatic rings. The summed E-state index contributed by atoms with van der Waals surface area (Å²) in [5, 5.41) is 9.98. The van der Waals surface area contributed by atoms with Crippen LogP contribution in [0.5, 0.6) is 0 Å². The van der Waals surface area contributed by atoms with Crippen molar-refractivity contribution in [2.75, 3.05) is 11.1 Å². The van der Waals surface area contributed by atoms with E-state index in [0.717, 1.165) is 34.4 Å². The van der Waals surface area contributed by atoms with Gasteiger partial charge in [-0.2, -0.15) is 5.10 Å². The van der Waals surface area contributed by atoms with Crippen molar-refractivity contribution in [2.24, 2.45) is 7.05 Å². The first kappa shape index (κ1) is 13.4. The van der Waals surface area contributed by atoms with E-state index in [4.69, 9.17) is 5.73 Å². The van der Waals surface area contributed by atoms with Crippen molar-refractivity contribution in [2.45, 2.75) is 20.4 Å². The lowest BCUT2D eigenvalue weighted by Crippen LogP contribution is -2.03. The second-order valence-corrected chi connectivity index (χ2v) is 5.25. The number of benzene rings is 1. The van der Waals surface area contributed by atoms with Crippen LogP contribution in [0.1, 0.15) is 17.0 Å². The lowest BCUT2D eigenvalue weighted by molar-refractivity contribution is 0.730. The number of nitrogen functional groups attached to an aromatic ring is 1. The fraction of sp³-hybridized carbons (Fsp3) is 0.250. The summed E-state index contributed by atoms with van der Waals surface area (Å²) in [5.41, 5.74) is 11.3. The van der Waals surface area contributed by atoms with Crippen molar-refractivity contribution in [3.63, 3.8) is 0 Å². The number of aromatic nitrogens is 3. The zero-order valence-corrected chi connectivity index (χ0v) is 12.5. The summed E-state index contributed by atoms with van der Waals surface area (Å²) in [6.45, 7) is 4.85. The van der Waals surface area contributed by atoms with Crippen molar-refractivity contribution in [1.82, 2.24) is 14.8 Å². The van der Waals surface area contributed by atoms with E-state index in [1.54, 1.807) is 6.20 Å². The van der Waals surface area contributed by atoms with Crippen LogP contribution in [0.15, 0.2) is 30.6 Å². The molecule has 0 atom stereocenters. The number of nitrogens with two attached hydrogens (primary N) is 1. The van der Waals surface area contributed by atoms with Gasteiger partial charge in [-0.05, 0) is 32.0 Å². The highest BCUT2D eigenvalue weighted by atomic mass is 15.3. The van der Waals surface area contributed by atoms with Crippen LogP contribution in [-0.4, -0.2) is 14.8 Å². The molecule has 21 heavy (non-hydrogen) atoms. The molecular weight excluding hydrogens is 262 g/mol. The Balaban J connectivity index is 1.94. The van der Waals surface area contributed by atoms with Gasteiger partial charge < -0.3 is 11.1 Å². The molecule has 2 aromatic heterocycles. The Morgan fingerprint density at radius 3 is 2.71 bits per heavy atom. The molecule has 2 heterocycles. The molecule has 1 aromatic carbocycles. The second kappa shape index (κ2) is 5.09. The summed E-state index contributed by atoms with van der Waals surface area (Å²) in [6.07, 6.45) is 3.61. The Kier molecular flexibility index (Phi) is 3.25. The fourth-order valence-corrected chi connectivity index (χ4v) is 2.62. The van der Waals surface area contributed by atoms with Gasteiger partial charge in [-0.15, -0.1) is 0 Å². The number of nitrogens with zero attached hydrogens (tertiary/aromatic N) is 3. The molecule has 0 spiro atoms. The molecule has 0 amide bonds. The van der Waals surface area contributed by atoms with Crippen molar-refractivity contribution in [3.8, 4) is 0 Å². The predicted molar refractivity (Wildman–Crippen MR) is 86.2 cm³/mol. The molecule has 3 N–H and O–H groups in total. The van der Waals surface area contributed by atoms with E-state index in [2.05, 4.69) is 22.3 Å². The van der Waals surface area contributed by atoms with E-state index in [0.29, 0.717) is 0 Å². The van der Waals surface area contributed by atoms with E-state index >= 15 is 0 Å². The summed E-state index contributed by atoms with van der Waals surface area (Å²) in [5.74, 6) is 0. The number of nitrogens with one attached hydrogen (secondary N) is 1. The molecule has 108 valence electrons. The van der Waals surface area contributed by atoms with E-state index in [9.17, 15) is 0 Å². The van der Waals surface area contributed by atoms with Gasteiger partial charge in [0.05, 0.1) is 5.69 Å². The number of rotatable bonds is 3. The third-order valence-corrected chi connectivity index (χ3v) is 3.97. The van der Waals surface area contributed by atoms with Crippen LogP contribution < -0.4 is 11.1 Å². The van der Waals surface area contributed by atoms with Crippen LogP contribution in [0.3, 0.4) is 0 Å². The highest BCUT2D eigenvalue weighted by Gasteiger charge is 2.10. The number of pyridine rings is 1. The van der Waals surface area contributed by atoms with Gasteiger partial charge in [0.15, 0.2) is 0 Å². The fourth-order valence-electron chi connectivity index (χ4n) is 2.62. The van der Waals surface area contributed by atoms with Gasteiger partial charge >= 0.3 is 0 Å². The summed E-state index contributed by atoms with van der Waals surface area (Å²) < 4.78 is 1.91. The van der Waals surface area contributed by atoms with Gasteiger partial charge in [0, 0.05) is 59.4 Å². The van der Waals surface area contributed by atoms with Crippen LogP contribution in [0, 0.1) is 13.8 Å². The summed E-state index contributed by atoms with van der Waals surface area (Å²) in [4.78, 5) is 4.20. The van der Waals surface area contributed by atoms with E-state index in [-0.39, 0.29) is 0 Å². The molecule has 5 heteroatoms. The van der Waals surface area contributed by atoms with E-state index in [1.165, 1.54) is 11.3 Å². The minimum absolute atomic E-state index is 0.736. The number of anilines is 2. The van der Waals surface area contributed by atoms with Crippen LogP contribution in [0.4, 0.5) is 11.4 Å². The van der Waals surface area contributed by atoms with Gasteiger partial charge in [0.25, 0.3) is 0 Å². The van der Waals surface area contributed by atoms with Crippen LogP contribution in [0.25, 0.3) is 10.8 Å². The molecular formula is C16H19N5. The van der Waals surface area contributed by atoms with Crippen molar-refractivity contribution < 1.29 is 0 Å². The Labute approximate surface area is 123 Å². The minimum Gasteiger partial charge on any atom is -0.398 e. The van der Waals surface area contributed by atoms with Crippen molar-refractivity contribution in [1.29, 1.82) is 0 Å². The molecule has 0 unspecified atom stereocenters. The second-order valence-electron chi connectivity index (χ2n) is 5.25. The largest absolute Gasteiger partial charge is 0.398 e. The summed E-state index contributed by atoms with van der Waals surface area (Å²) >= 11 is 0. The van der Waals surface area contributed by atoms with E-state index < -0.39 is 0 Å². The highest BCUT2D eigenvalue weighted by molar-refractivity contribution is 6.00. The summed E-state index contributed by atoms with van der Waals surface area (Å²) in [6, 6.07) is 5.87.